The van der Waals surface area contributed by atoms with Gasteiger partial charge in [-0.25, -0.2) is 0 Å². The van der Waals surface area contributed by atoms with Crippen molar-refractivity contribution >= 4 is 17.7 Å². The molecule has 1 fully saturated rings. The number of primary amides is 1. The van der Waals surface area contributed by atoms with Gasteiger partial charge in [0.15, 0.2) is 0 Å². The Kier molecular flexibility index (Phi) is 5.56. The molecule has 0 spiro atoms. The zero-order chi connectivity index (χ0) is 16.8. The number of nitrogens with zero attached hydrogens (tertiary/aromatic N) is 1. The van der Waals surface area contributed by atoms with Gasteiger partial charge in [0.25, 0.3) is 0 Å². The Balaban J connectivity index is 2.02. The number of amides is 3. The maximum absolute atomic E-state index is 12.1. The zero-order valence-corrected chi connectivity index (χ0v) is 13.1. The second-order valence-electron chi connectivity index (χ2n) is 5.51. The topological polar surface area (TPSA) is 102 Å². The van der Waals surface area contributed by atoms with Crippen molar-refractivity contribution in [1.29, 1.82) is 0 Å². The first-order valence-electron chi connectivity index (χ1n) is 7.47. The molecule has 7 heteroatoms. The molecule has 0 radical (unpaired) electrons. The lowest BCUT2D eigenvalue weighted by Gasteiger charge is -2.32. The number of para-hydroxylation sites is 1. The van der Waals surface area contributed by atoms with Gasteiger partial charge in [-0.15, -0.1) is 0 Å². The second kappa shape index (κ2) is 7.62. The molecule has 23 heavy (non-hydrogen) atoms. The van der Waals surface area contributed by atoms with Crippen LogP contribution in [-0.2, 0) is 20.9 Å². The van der Waals surface area contributed by atoms with E-state index in [0.29, 0.717) is 31.7 Å². The fourth-order valence-electron chi connectivity index (χ4n) is 2.64. The van der Waals surface area contributed by atoms with Gasteiger partial charge in [0.2, 0.25) is 17.7 Å². The van der Waals surface area contributed by atoms with Crippen LogP contribution in [0.5, 0.6) is 5.75 Å². The van der Waals surface area contributed by atoms with E-state index in [2.05, 4.69) is 5.32 Å². The third-order valence-corrected chi connectivity index (χ3v) is 3.86. The van der Waals surface area contributed by atoms with Crippen molar-refractivity contribution in [1.82, 2.24) is 10.2 Å². The first-order chi connectivity index (χ1) is 11.0. The van der Waals surface area contributed by atoms with Crippen LogP contribution in [0.25, 0.3) is 0 Å². The highest BCUT2D eigenvalue weighted by Gasteiger charge is 2.30. The minimum atomic E-state index is -0.587. The maximum atomic E-state index is 12.1. The number of methoxy groups -OCH3 is 1. The summed E-state index contributed by atoms with van der Waals surface area (Å²) in [5.74, 6) is -0.449. The molecule has 0 aliphatic carbocycles. The lowest BCUT2D eigenvalue weighted by Crippen LogP contribution is -2.46. The highest BCUT2D eigenvalue weighted by Crippen LogP contribution is 2.24. The van der Waals surface area contributed by atoms with E-state index in [1.807, 2.05) is 24.3 Å². The molecule has 1 aliphatic rings. The van der Waals surface area contributed by atoms with Crippen molar-refractivity contribution in [3.05, 3.63) is 29.8 Å². The molecule has 1 aromatic rings. The molecule has 1 atom stereocenters. The standard InChI is InChI=1S/C16H21N3O4/c1-23-13-5-3-2-4-11(13)9-19-10-12(6-7-15(19)21)16(22)18-8-14(17)20/h2-5,12H,6-10H2,1H3,(H2,17,20)(H,18,22)/t12-/m1/s1. The quantitative estimate of drug-likeness (QED) is 0.772. The Bertz CT molecular complexity index is 603. The number of carbonyl (C=O) groups excluding carboxylic acids is 3. The molecular weight excluding hydrogens is 298 g/mol. The van der Waals surface area contributed by atoms with Gasteiger partial charge in [0.05, 0.1) is 19.6 Å². The number of hydrogen-bond donors (Lipinski definition) is 2. The predicted octanol–water partition coefficient (Wildman–Crippen LogP) is 0.0353. The second-order valence-corrected chi connectivity index (χ2v) is 5.51. The number of nitrogens with two attached hydrogens (primary N) is 1. The van der Waals surface area contributed by atoms with Crippen molar-refractivity contribution in [2.75, 3.05) is 20.2 Å². The van der Waals surface area contributed by atoms with Crippen LogP contribution in [0.3, 0.4) is 0 Å². The van der Waals surface area contributed by atoms with E-state index in [-0.39, 0.29) is 24.3 Å². The van der Waals surface area contributed by atoms with Gasteiger partial charge in [0.1, 0.15) is 5.75 Å². The molecule has 1 aromatic carbocycles. The van der Waals surface area contributed by atoms with Crippen LogP contribution < -0.4 is 15.8 Å². The summed E-state index contributed by atoms with van der Waals surface area (Å²) in [6.07, 6.45) is 0.787. The third-order valence-electron chi connectivity index (χ3n) is 3.86. The van der Waals surface area contributed by atoms with Crippen molar-refractivity contribution in [3.8, 4) is 5.75 Å². The van der Waals surface area contributed by atoms with Crippen LogP contribution in [0.1, 0.15) is 18.4 Å². The number of piperidine rings is 1. The fourth-order valence-corrected chi connectivity index (χ4v) is 2.64. The van der Waals surface area contributed by atoms with Crippen molar-refractivity contribution in [2.24, 2.45) is 11.7 Å². The summed E-state index contributed by atoms with van der Waals surface area (Å²) in [5.41, 5.74) is 5.91. The average Bonchev–Trinajstić information content (AvgIpc) is 2.55. The van der Waals surface area contributed by atoms with Crippen LogP contribution >= 0.6 is 0 Å². The summed E-state index contributed by atoms with van der Waals surface area (Å²) in [6, 6.07) is 7.47. The van der Waals surface area contributed by atoms with Gasteiger partial charge in [-0.2, -0.15) is 0 Å². The smallest absolute Gasteiger partial charge is 0.236 e. The van der Waals surface area contributed by atoms with Crippen molar-refractivity contribution in [2.45, 2.75) is 19.4 Å². The van der Waals surface area contributed by atoms with Gasteiger partial charge in [-0.1, -0.05) is 18.2 Å². The number of ether oxygens (including phenoxy) is 1. The average molecular weight is 319 g/mol. The number of rotatable bonds is 6. The molecule has 1 saturated heterocycles. The summed E-state index contributed by atoms with van der Waals surface area (Å²) >= 11 is 0. The van der Waals surface area contributed by atoms with E-state index in [1.165, 1.54) is 0 Å². The molecular formula is C16H21N3O4. The van der Waals surface area contributed by atoms with E-state index in [9.17, 15) is 14.4 Å². The van der Waals surface area contributed by atoms with Gasteiger partial charge in [-0.05, 0) is 12.5 Å². The normalized spacial score (nSPS) is 17.7. The predicted molar refractivity (Wildman–Crippen MR) is 83.3 cm³/mol. The Morgan fingerprint density at radius 3 is 2.83 bits per heavy atom. The first-order valence-corrected chi connectivity index (χ1v) is 7.47. The Morgan fingerprint density at radius 2 is 2.13 bits per heavy atom. The van der Waals surface area contributed by atoms with Crippen molar-refractivity contribution < 1.29 is 19.1 Å². The molecule has 0 aromatic heterocycles. The van der Waals surface area contributed by atoms with Crippen LogP contribution in [0.2, 0.25) is 0 Å². The molecule has 3 N–H and O–H groups in total. The fraction of sp³-hybridized carbons (Fsp3) is 0.438. The minimum absolute atomic E-state index is 0.00913. The van der Waals surface area contributed by atoms with Gasteiger partial charge in [-0.3, -0.25) is 14.4 Å². The van der Waals surface area contributed by atoms with E-state index in [1.54, 1.807) is 12.0 Å². The molecule has 2 rings (SSSR count). The maximum Gasteiger partial charge on any atom is 0.236 e. The number of likely N-dealkylation sites (tertiary alicyclic amines) is 1. The number of nitrogens with one attached hydrogen (secondary N) is 1. The molecule has 0 unspecified atom stereocenters. The molecule has 0 saturated carbocycles. The van der Waals surface area contributed by atoms with E-state index >= 15 is 0 Å². The number of benzene rings is 1. The largest absolute Gasteiger partial charge is 0.496 e. The lowest BCUT2D eigenvalue weighted by molar-refractivity contribution is -0.139. The van der Waals surface area contributed by atoms with Gasteiger partial charge in [0, 0.05) is 25.1 Å². The van der Waals surface area contributed by atoms with Crippen LogP contribution in [0.4, 0.5) is 0 Å². The monoisotopic (exact) mass is 319 g/mol. The van der Waals surface area contributed by atoms with Crippen LogP contribution in [0.15, 0.2) is 24.3 Å². The SMILES string of the molecule is COc1ccccc1CN1C[C@H](C(=O)NCC(N)=O)CCC1=O. The highest BCUT2D eigenvalue weighted by molar-refractivity contribution is 5.87. The highest BCUT2D eigenvalue weighted by atomic mass is 16.5. The molecule has 124 valence electrons. The summed E-state index contributed by atoms with van der Waals surface area (Å²) in [7, 11) is 1.58. The summed E-state index contributed by atoms with van der Waals surface area (Å²) < 4.78 is 5.29. The van der Waals surface area contributed by atoms with Gasteiger partial charge >= 0.3 is 0 Å². The Hall–Kier alpha value is -2.57. The molecule has 1 aliphatic heterocycles. The van der Waals surface area contributed by atoms with E-state index in [4.69, 9.17) is 10.5 Å². The molecule has 3 amide bonds. The first kappa shape index (κ1) is 16.8. The van der Waals surface area contributed by atoms with Gasteiger partial charge < -0.3 is 20.7 Å². The lowest BCUT2D eigenvalue weighted by atomic mass is 9.96. The molecule has 1 heterocycles. The summed E-state index contributed by atoms with van der Waals surface area (Å²) in [4.78, 5) is 36.6. The summed E-state index contributed by atoms with van der Waals surface area (Å²) in [5, 5.41) is 2.50. The molecule has 0 bridgehead atoms. The van der Waals surface area contributed by atoms with E-state index < -0.39 is 5.91 Å². The molecule has 7 nitrogen and oxygen atoms in total. The number of hydrogen-bond acceptors (Lipinski definition) is 4. The minimum Gasteiger partial charge on any atom is -0.496 e. The Morgan fingerprint density at radius 1 is 1.39 bits per heavy atom. The third kappa shape index (κ3) is 4.45. The van der Waals surface area contributed by atoms with Crippen molar-refractivity contribution in [3.63, 3.8) is 0 Å². The number of carbonyl (C=O) groups is 3. The Labute approximate surface area is 134 Å². The summed E-state index contributed by atoms with van der Waals surface area (Å²) in [6.45, 7) is 0.527. The van der Waals surface area contributed by atoms with Crippen LogP contribution in [0, 0.1) is 5.92 Å². The zero-order valence-electron chi connectivity index (χ0n) is 13.1. The van der Waals surface area contributed by atoms with E-state index in [0.717, 1.165) is 5.56 Å². The van der Waals surface area contributed by atoms with Crippen LogP contribution in [-0.4, -0.2) is 42.8 Å².